The fraction of sp³-hybridized carbons (Fsp3) is 0.0870. The van der Waals surface area contributed by atoms with Crippen LogP contribution in [-0.2, 0) is 11.3 Å². The maximum Gasteiger partial charge on any atom is 0.293 e. The van der Waals surface area contributed by atoms with E-state index >= 15 is 0 Å². The number of hydrogen-bond acceptors (Lipinski definition) is 5. The fourth-order valence-electron chi connectivity index (χ4n) is 3.04. The third-order valence-electron chi connectivity index (χ3n) is 4.58. The van der Waals surface area contributed by atoms with Crippen LogP contribution in [0.1, 0.15) is 28.6 Å². The number of Topliss-reactive ketones (excluding diaryl/α,β-unsaturated/α-hetero) is 1. The first kappa shape index (κ1) is 20.4. The number of furan rings is 1. The van der Waals surface area contributed by atoms with Gasteiger partial charge in [0.05, 0.1) is 11.4 Å². The molecule has 2 aromatic carbocycles. The van der Waals surface area contributed by atoms with E-state index in [1.165, 1.54) is 11.8 Å². The summed E-state index contributed by atoms with van der Waals surface area (Å²) in [6.45, 7) is 1.73. The van der Waals surface area contributed by atoms with Gasteiger partial charge in [-0.15, -0.1) is 0 Å². The summed E-state index contributed by atoms with van der Waals surface area (Å²) in [4.78, 5) is 38.0. The van der Waals surface area contributed by atoms with E-state index in [0.717, 1.165) is 27.4 Å². The summed E-state index contributed by atoms with van der Waals surface area (Å²) in [5, 5.41) is -0.308. The third-order valence-corrected chi connectivity index (χ3v) is 5.98. The number of carbonyl (C=O) groups is 3. The molecule has 1 saturated heterocycles. The normalized spacial score (nSPS) is 15.3. The van der Waals surface area contributed by atoms with Gasteiger partial charge < -0.3 is 4.42 Å². The van der Waals surface area contributed by atoms with Crippen LogP contribution >= 0.6 is 27.7 Å². The Hall–Kier alpha value is -2.90. The molecule has 0 atom stereocenters. The Labute approximate surface area is 185 Å². The zero-order chi connectivity index (χ0) is 21.3. The summed E-state index contributed by atoms with van der Waals surface area (Å²) in [6, 6.07) is 18.1. The Morgan fingerprint density at radius 2 is 1.87 bits per heavy atom. The summed E-state index contributed by atoms with van der Waals surface area (Å²) < 4.78 is 6.71. The van der Waals surface area contributed by atoms with Crippen LogP contribution in [0, 0.1) is 0 Å². The van der Waals surface area contributed by atoms with Gasteiger partial charge in [-0.2, -0.15) is 0 Å². The Kier molecular flexibility index (Phi) is 5.74. The third kappa shape index (κ3) is 4.32. The minimum Gasteiger partial charge on any atom is -0.457 e. The first-order valence-corrected chi connectivity index (χ1v) is 10.7. The molecule has 2 amide bonds. The van der Waals surface area contributed by atoms with Crippen molar-refractivity contribution in [3.8, 4) is 11.3 Å². The van der Waals surface area contributed by atoms with E-state index in [4.69, 9.17) is 4.42 Å². The molecule has 150 valence electrons. The quantitative estimate of drug-likeness (QED) is 0.323. The van der Waals surface area contributed by atoms with Crippen LogP contribution in [-0.4, -0.2) is 21.8 Å². The molecule has 0 spiro atoms. The van der Waals surface area contributed by atoms with Crippen molar-refractivity contribution < 1.29 is 18.8 Å². The van der Waals surface area contributed by atoms with Crippen molar-refractivity contribution in [2.24, 2.45) is 0 Å². The number of imide groups is 1. The second-order valence-corrected chi connectivity index (χ2v) is 8.64. The molecule has 1 aromatic heterocycles. The first-order chi connectivity index (χ1) is 14.4. The fourth-order valence-corrected chi connectivity index (χ4v) is 4.30. The summed E-state index contributed by atoms with van der Waals surface area (Å²) in [6.07, 6.45) is 1.58. The molecule has 1 fully saturated rings. The molecule has 5 nitrogen and oxygen atoms in total. The van der Waals surface area contributed by atoms with Gasteiger partial charge >= 0.3 is 0 Å². The number of hydrogen-bond donors (Lipinski definition) is 0. The Bertz CT molecular complexity index is 1180. The van der Waals surface area contributed by atoms with Gasteiger partial charge in [0.25, 0.3) is 11.1 Å². The lowest BCUT2D eigenvalue weighted by Crippen LogP contribution is -2.27. The number of carbonyl (C=O) groups excluding carboxylic acids is 3. The largest absolute Gasteiger partial charge is 0.457 e. The number of thioether (sulfide) groups is 1. The van der Waals surface area contributed by atoms with Crippen molar-refractivity contribution >= 4 is 50.7 Å². The molecule has 0 bridgehead atoms. The van der Waals surface area contributed by atoms with Crippen LogP contribution in [0.4, 0.5) is 4.79 Å². The molecule has 4 rings (SSSR count). The molecule has 0 N–H and O–H groups in total. The SMILES string of the molecule is CC(=O)c1ccc(-c2ccc(/C=C3/SC(=O)N(Cc4cccc(Br)c4)C3=O)o2)cc1. The Balaban J connectivity index is 1.52. The monoisotopic (exact) mass is 481 g/mol. The molecule has 1 aliphatic rings. The summed E-state index contributed by atoms with van der Waals surface area (Å²) in [5.41, 5.74) is 2.31. The topological polar surface area (TPSA) is 67.6 Å². The lowest BCUT2D eigenvalue weighted by atomic mass is 10.1. The molecule has 0 saturated carbocycles. The van der Waals surface area contributed by atoms with Crippen LogP contribution in [0.25, 0.3) is 17.4 Å². The summed E-state index contributed by atoms with van der Waals surface area (Å²) in [5.74, 6) is 0.757. The van der Waals surface area contributed by atoms with Gasteiger partial charge in [0.1, 0.15) is 11.5 Å². The number of rotatable bonds is 5. The molecule has 0 radical (unpaired) electrons. The van der Waals surface area contributed by atoms with Crippen LogP contribution in [0.5, 0.6) is 0 Å². The summed E-state index contributed by atoms with van der Waals surface area (Å²) in [7, 11) is 0. The van der Waals surface area contributed by atoms with Crippen molar-refractivity contribution in [1.82, 2.24) is 4.90 Å². The molecular weight excluding hydrogens is 466 g/mol. The van der Waals surface area contributed by atoms with Gasteiger partial charge in [0.15, 0.2) is 5.78 Å². The molecule has 1 aliphatic heterocycles. The van der Waals surface area contributed by atoms with Crippen molar-refractivity contribution in [2.75, 3.05) is 0 Å². The van der Waals surface area contributed by atoms with Crippen LogP contribution in [0.3, 0.4) is 0 Å². The Morgan fingerprint density at radius 3 is 2.57 bits per heavy atom. The molecule has 7 heteroatoms. The predicted octanol–water partition coefficient (Wildman–Crippen LogP) is 6.15. The minimum absolute atomic E-state index is 0.000250. The van der Waals surface area contributed by atoms with Gasteiger partial charge in [-0.1, -0.05) is 52.3 Å². The van der Waals surface area contributed by atoms with Gasteiger partial charge in [0.2, 0.25) is 0 Å². The van der Waals surface area contributed by atoms with E-state index in [9.17, 15) is 14.4 Å². The molecule has 30 heavy (non-hydrogen) atoms. The highest BCUT2D eigenvalue weighted by atomic mass is 79.9. The van der Waals surface area contributed by atoms with E-state index in [1.54, 1.807) is 30.3 Å². The predicted molar refractivity (Wildman–Crippen MR) is 120 cm³/mol. The van der Waals surface area contributed by atoms with Gasteiger partial charge in [-0.25, -0.2) is 0 Å². The number of amides is 2. The smallest absolute Gasteiger partial charge is 0.293 e. The van der Waals surface area contributed by atoms with Crippen molar-refractivity contribution in [3.63, 3.8) is 0 Å². The number of ketones is 1. The second-order valence-electron chi connectivity index (χ2n) is 6.73. The lowest BCUT2D eigenvalue weighted by Gasteiger charge is -2.12. The molecular formula is C23H16BrNO4S. The highest BCUT2D eigenvalue weighted by molar-refractivity contribution is 9.10. The number of nitrogens with zero attached hydrogens (tertiary/aromatic N) is 1. The van der Waals surface area contributed by atoms with Crippen molar-refractivity contribution in [3.05, 3.63) is 86.9 Å². The molecule has 2 heterocycles. The zero-order valence-electron chi connectivity index (χ0n) is 15.9. The van der Waals surface area contributed by atoms with Crippen LogP contribution < -0.4 is 0 Å². The first-order valence-electron chi connectivity index (χ1n) is 9.12. The summed E-state index contributed by atoms with van der Waals surface area (Å²) >= 11 is 4.30. The van der Waals surface area contributed by atoms with E-state index in [1.807, 2.05) is 36.4 Å². The number of benzene rings is 2. The minimum atomic E-state index is -0.339. The molecule has 0 unspecified atom stereocenters. The lowest BCUT2D eigenvalue weighted by molar-refractivity contribution is -0.123. The van der Waals surface area contributed by atoms with E-state index in [2.05, 4.69) is 15.9 Å². The Morgan fingerprint density at radius 1 is 1.10 bits per heavy atom. The standard InChI is InChI=1S/C23H16BrNO4S/c1-14(26)16-5-7-17(8-6-16)20-10-9-19(29-20)12-21-22(27)25(23(28)30-21)13-15-3-2-4-18(24)11-15/h2-12H,13H2,1H3/b21-12+. The highest BCUT2D eigenvalue weighted by Crippen LogP contribution is 2.34. The van der Waals surface area contributed by atoms with E-state index in [-0.39, 0.29) is 23.5 Å². The molecule has 3 aromatic rings. The van der Waals surface area contributed by atoms with Crippen molar-refractivity contribution in [1.29, 1.82) is 0 Å². The second kappa shape index (κ2) is 8.45. The van der Waals surface area contributed by atoms with Gasteiger partial charge in [0, 0.05) is 21.7 Å². The average molecular weight is 482 g/mol. The van der Waals surface area contributed by atoms with E-state index < -0.39 is 0 Å². The highest BCUT2D eigenvalue weighted by Gasteiger charge is 2.35. The van der Waals surface area contributed by atoms with Gasteiger partial charge in [-0.3, -0.25) is 19.3 Å². The zero-order valence-corrected chi connectivity index (χ0v) is 18.3. The van der Waals surface area contributed by atoms with Crippen LogP contribution in [0.2, 0.25) is 0 Å². The van der Waals surface area contributed by atoms with Gasteiger partial charge in [-0.05, 0) is 48.5 Å². The van der Waals surface area contributed by atoms with Crippen molar-refractivity contribution in [2.45, 2.75) is 13.5 Å². The maximum absolute atomic E-state index is 12.7. The maximum atomic E-state index is 12.7. The number of halogens is 1. The molecule has 0 aliphatic carbocycles. The average Bonchev–Trinajstić information content (AvgIpc) is 3.29. The van der Waals surface area contributed by atoms with E-state index in [0.29, 0.717) is 22.0 Å². The van der Waals surface area contributed by atoms with Crippen LogP contribution in [0.15, 0.2) is 74.5 Å².